The minimum atomic E-state index is -0.403. The molecule has 0 radical (unpaired) electrons. The van der Waals surface area contributed by atoms with Gasteiger partial charge in [0.05, 0.1) is 17.9 Å². The molecule has 152 valence electrons. The van der Waals surface area contributed by atoms with Gasteiger partial charge in [-0.15, -0.1) is 0 Å². The van der Waals surface area contributed by atoms with Gasteiger partial charge in [0.15, 0.2) is 11.3 Å². The molecule has 1 saturated carbocycles. The van der Waals surface area contributed by atoms with E-state index < -0.39 is 5.91 Å². The standard InChI is InChI=1S/C22H16Cl2N2O4/c23-15-9-26(28)10-16(24)20(15)25-22(27)14-7-8-18(29-11-12-5-6-12)21-19(14)13-3-1-2-4-17(13)30-21/h1-4,7-10,12,28H,5-6,11H2/p+1. The number of nitrogens with zero attached hydrogens (tertiary/aromatic N) is 1. The van der Waals surface area contributed by atoms with Crippen molar-refractivity contribution in [1.29, 1.82) is 0 Å². The van der Waals surface area contributed by atoms with E-state index in [0.29, 0.717) is 40.4 Å². The van der Waals surface area contributed by atoms with E-state index in [9.17, 15) is 10.0 Å². The lowest BCUT2D eigenvalue weighted by Crippen LogP contribution is -2.29. The molecule has 2 aromatic carbocycles. The average molecular weight is 444 g/mol. The summed E-state index contributed by atoms with van der Waals surface area (Å²) >= 11 is 12.3. The zero-order valence-corrected chi connectivity index (χ0v) is 17.2. The molecule has 0 saturated heterocycles. The molecular formula is C22H17Cl2N2O4+. The normalized spacial score (nSPS) is 13.7. The molecule has 2 N–H and O–H groups in total. The first-order chi connectivity index (χ1) is 14.5. The fraction of sp³-hybridized carbons (Fsp3) is 0.182. The molecule has 4 aromatic rings. The molecule has 0 bridgehead atoms. The van der Waals surface area contributed by atoms with Gasteiger partial charge < -0.3 is 14.5 Å². The van der Waals surface area contributed by atoms with Crippen molar-refractivity contribution in [3.63, 3.8) is 0 Å². The number of ether oxygens (including phenoxy) is 1. The van der Waals surface area contributed by atoms with Gasteiger partial charge in [-0.25, -0.2) is 0 Å². The number of para-hydroxylation sites is 1. The lowest BCUT2D eigenvalue weighted by atomic mass is 10.0. The van der Waals surface area contributed by atoms with Gasteiger partial charge in [0, 0.05) is 15.5 Å². The summed E-state index contributed by atoms with van der Waals surface area (Å²) in [5, 5.41) is 14.0. The molecule has 0 unspecified atom stereocenters. The van der Waals surface area contributed by atoms with Crippen LogP contribution in [0.5, 0.6) is 5.75 Å². The lowest BCUT2D eigenvalue weighted by molar-refractivity contribution is -0.904. The molecule has 0 aliphatic heterocycles. The summed E-state index contributed by atoms with van der Waals surface area (Å²) in [6.45, 7) is 0.633. The van der Waals surface area contributed by atoms with Crippen LogP contribution in [0, 0.1) is 5.92 Å². The van der Waals surface area contributed by atoms with Crippen LogP contribution in [-0.2, 0) is 0 Å². The third-order valence-corrected chi connectivity index (χ3v) is 5.69. The molecule has 0 spiro atoms. The highest BCUT2D eigenvalue weighted by molar-refractivity contribution is 6.39. The first kappa shape index (κ1) is 19.0. The van der Waals surface area contributed by atoms with Crippen LogP contribution in [0.15, 0.2) is 53.2 Å². The highest BCUT2D eigenvalue weighted by Crippen LogP contribution is 2.39. The van der Waals surface area contributed by atoms with Crippen molar-refractivity contribution >= 4 is 56.7 Å². The number of furan rings is 1. The van der Waals surface area contributed by atoms with Crippen LogP contribution in [0.2, 0.25) is 10.0 Å². The third kappa shape index (κ3) is 3.42. The maximum Gasteiger partial charge on any atom is 0.256 e. The van der Waals surface area contributed by atoms with Crippen molar-refractivity contribution in [3.05, 3.63) is 64.4 Å². The number of hydrogen-bond donors (Lipinski definition) is 2. The van der Waals surface area contributed by atoms with E-state index in [0.717, 1.165) is 10.1 Å². The Labute approximate surface area is 181 Å². The third-order valence-electron chi connectivity index (χ3n) is 5.11. The summed E-state index contributed by atoms with van der Waals surface area (Å²) in [5.74, 6) is 0.797. The second-order valence-electron chi connectivity index (χ2n) is 7.33. The van der Waals surface area contributed by atoms with Gasteiger partial charge in [-0.2, -0.15) is 0 Å². The minimum absolute atomic E-state index is 0.107. The van der Waals surface area contributed by atoms with E-state index in [1.165, 1.54) is 25.2 Å². The van der Waals surface area contributed by atoms with Crippen molar-refractivity contribution in [2.24, 2.45) is 5.92 Å². The second kappa shape index (κ2) is 7.38. The monoisotopic (exact) mass is 443 g/mol. The number of anilines is 1. The molecule has 2 heterocycles. The van der Waals surface area contributed by atoms with Crippen LogP contribution >= 0.6 is 23.2 Å². The molecular weight excluding hydrogens is 427 g/mol. The number of hydrogen-bond acceptors (Lipinski definition) is 4. The molecule has 2 aromatic heterocycles. The Morgan fingerprint density at radius 3 is 2.63 bits per heavy atom. The second-order valence-corrected chi connectivity index (χ2v) is 8.15. The van der Waals surface area contributed by atoms with Gasteiger partial charge in [-0.05, 0) is 37.0 Å². The maximum atomic E-state index is 13.2. The Hall–Kier alpha value is -2.96. The number of aromatic nitrogens is 1. The fourth-order valence-electron chi connectivity index (χ4n) is 3.41. The molecule has 1 amide bonds. The van der Waals surface area contributed by atoms with Gasteiger partial charge in [0.2, 0.25) is 12.4 Å². The van der Waals surface area contributed by atoms with E-state index in [2.05, 4.69) is 5.32 Å². The number of nitrogens with one attached hydrogen (secondary N) is 1. The predicted octanol–water partition coefficient (Wildman–Crippen LogP) is 5.46. The summed E-state index contributed by atoms with van der Waals surface area (Å²) < 4.78 is 12.8. The largest absolute Gasteiger partial charge is 0.489 e. The van der Waals surface area contributed by atoms with Crippen LogP contribution in [0.1, 0.15) is 23.2 Å². The number of fused-ring (bicyclic) bond motifs is 3. The quantitative estimate of drug-likeness (QED) is 0.317. The topological polar surface area (TPSA) is 75.6 Å². The molecule has 0 atom stereocenters. The van der Waals surface area contributed by atoms with Gasteiger partial charge in [-0.3, -0.25) is 10.0 Å². The first-order valence-corrected chi connectivity index (χ1v) is 10.2. The van der Waals surface area contributed by atoms with Crippen molar-refractivity contribution in [3.8, 4) is 5.75 Å². The first-order valence-electron chi connectivity index (χ1n) is 9.49. The molecule has 6 nitrogen and oxygen atoms in total. The molecule has 8 heteroatoms. The maximum absolute atomic E-state index is 13.2. The summed E-state index contributed by atoms with van der Waals surface area (Å²) in [4.78, 5) is 13.2. The number of amides is 1. The Balaban J connectivity index is 1.60. The molecule has 5 rings (SSSR count). The summed E-state index contributed by atoms with van der Waals surface area (Å²) in [5.41, 5.74) is 1.81. The number of pyridine rings is 1. The fourth-order valence-corrected chi connectivity index (χ4v) is 3.96. The summed E-state index contributed by atoms with van der Waals surface area (Å²) in [7, 11) is 0. The predicted molar refractivity (Wildman–Crippen MR) is 114 cm³/mol. The Bertz CT molecular complexity index is 1270. The zero-order valence-electron chi connectivity index (χ0n) is 15.7. The van der Waals surface area contributed by atoms with E-state index in [1.807, 2.05) is 24.3 Å². The number of benzene rings is 2. The Morgan fingerprint density at radius 1 is 1.17 bits per heavy atom. The SMILES string of the molecule is O=C(Nc1c(Cl)c[n+](O)cc1Cl)c1ccc(OCC2CC2)c2oc3ccccc3c12. The van der Waals surface area contributed by atoms with Crippen molar-refractivity contribution in [1.82, 2.24) is 0 Å². The highest BCUT2D eigenvalue weighted by atomic mass is 35.5. The molecule has 1 aliphatic carbocycles. The van der Waals surface area contributed by atoms with Crippen LogP contribution in [0.25, 0.3) is 21.9 Å². The van der Waals surface area contributed by atoms with Crippen LogP contribution in [-0.4, -0.2) is 17.7 Å². The van der Waals surface area contributed by atoms with E-state index in [-0.39, 0.29) is 15.7 Å². The van der Waals surface area contributed by atoms with E-state index >= 15 is 0 Å². The number of carbonyl (C=O) groups excluding carboxylic acids is 1. The van der Waals surface area contributed by atoms with Crippen LogP contribution in [0.4, 0.5) is 5.69 Å². The highest BCUT2D eigenvalue weighted by Gasteiger charge is 2.25. The molecule has 1 aliphatic rings. The minimum Gasteiger partial charge on any atom is -0.489 e. The molecule has 1 fully saturated rings. The van der Waals surface area contributed by atoms with Gasteiger partial charge in [0.25, 0.3) is 5.91 Å². The lowest BCUT2D eigenvalue weighted by Gasteiger charge is -2.10. The van der Waals surface area contributed by atoms with E-state index in [4.69, 9.17) is 32.4 Å². The Morgan fingerprint density at radius 2 is 1.90 bits per heavy atom. The Kier molecular flexibility index (Phi) is 4.68. The van der Waals surface area contributed by atoms with Crippen molar-refractivity contribution in [2.75, 3.05) is 11.9 Å². The van der Waals surface area contributed by atoms with Gasteiger partial charge >= 0.3 is 0 Å². The number of rotatable bonds is 5. The van der Waals surface area contributed by atoms with Gasteiger partial charge in [-0.1, -0.05) is 41.4 Å². The smallest absolute Gasteiger partial charge is 0.256 e. The summed E-state index contributed by atoms with van der Waals surface area (Å²) in [6.07, 6.45) is 4.83. The zero-order chi connectivity index (χ0) is 20.8. The van der Waals surface area contributed by atoms with Crippen LogP contribution in [0.3, 0.4) is 0 Å². The van der Waals surface area contributed by atoms with Crippen molar-refractivity contribution in [2.45, 2.75) is 12.8 Å². The van der Waals surface area contributed by atoms with Crippen LogP contribution < -0.4 is 14.8 Å². The van der Waals surface area contributed by atoms with Crippen molar-refractivity contribution < 1.29 is 23.9 Å². The number of carbonyl (C=O) groups is 1. The summed E-state index contributed by atoms with van der Waals surface area (Å²) in [6, 6.07) is 11.0. The average Bonchev–Trinajstić information content (AvgIpc) is 3.47. The number of halogens is 2. The van der Waals surface area contributed by atoms with Gasteiger partial charge in [0.1, 0.15) is 15.6 Å². The van der Waals surface area contributed by atoms with E-state index in [1.54, 1.807) is 12.1 Å². The molecule has 30 heavy (non-hydrogen) atoms.